The molecule has 0 N–H and O–H groups in total. The van der Waals surface area contributed by atoms with Crippen LogP contribution >= 0.6 is 0 Å². The van der Waals surface area contributed by atoms with Crippen molar-refractivity contribution in [3.63, 3.8) is 0 Å². The summed E-state index contributed by atoms with van der Waals surface area (Å²) in [6, 6.07) is 0. The molecule has 0 amide bonds. The first-order valence-corrected chi connectivity index (χ1v) is 13.3. The van der Waals surface area contributed by atoms with E-state index in [2.05, 4.69) is 0 Å². The molecule has 3 atom stereocenters. The molecule has 0 aromatic carbocycles. The number of carbonyl (C=O) groups excluding carboxylic acids is 3. The van der Waals surface area contributed by atoms with Gasteiger partial charge in [0, 0.05) is 34.5 Å². The maximum Gasteiger partial charge on any atom is 0.771 e. The molecule has 0 aliphatic rings. The molecule has 10 nitrogen and oxygen atoms in total. The lowest BCUT2D eigenvalue weighted by Crippen LogP contribution is -2.74. The average Bonchev–Trinajstić information content (AvgIpc) is 2.70. The summed E-state index contributed by atoms with van der Waals surface area (Å²) in [5.41, 5.74) is -2.05. The van der Waals surface area contributed by atoms with Crippen LogP contribution in [0.1, 0.15) is 87.0 Å². The van der Waals surface area contributed by atoms with Crippen molar-refractivity contribution in [1.29, 1.82) is 0 Å². The summed E-state index contributed by atoms with van der Waals surface area (Å²) < 4.78 is 40.6. The molecule has 3 unspecified atom stereocenters. The summed E-state index contributed by atoms with van der Waals surface area (Å²) in [4.78, 5) is 36.6. The fraction of sp³-hybridized carbons (Fsp3) is 0.864. The Morgan fingerprint density at radius 3 is 1.70 bits per heavy atom. The van der Waals surface area contributed by atoms with Crippen LogP contribution in [-0.4, -0.2) is 64.8 Å². The van der Waals surface area contributed by atoms with Crippen molar-refractivity contribution in [1.82, 2.24) is 0 Å². The number of rotatable bonds is 18. The van der Waals surface area contributed by atoms with Crippen LogP contribution in [0.25, 0.3) is 0 Å². The first-order chi connectivity index (χ1) is 15.5. The Bertz CT molecular complexity index is 559. The largest absolute Gasteiger partial charge is 0.771 e. The molecule has 11 heteroatoms. The smallest absolute Gasteiger partial charge is 0.452 e. The summed E-state index contributed by atoms with van der Waals surface area (Å²) in [7, 11) is -3.29. The minimum Gasteiger partial charge on any atom is -0.452 e. The lowest BCUT2D eigenvalue weighted by molar-refractivity contribution is -0.322. The van der Waals surface area contributed by atoms with E-state index in [0.29, 0.717) is 25.9 Å². The van der Waals surface area contributed by atoms with Crippen molar-refractivity contribution < 1.29 is 46.6 Å². The van der Waals surface area contributed by atoms with Gasteiger partial charge in [-0.05, 0) is 26.2 Å². The van der Waals surface area contributed by atoms with Crippen LogP contribution in [0.2, 0.25) is 0 Å². The molecular formula is C22H42O10Si. The minimum absolute atomic E-state index is 0.138. The van der Waals surface area contributed by atoms with E-state index in [9.17, 15) is 14.4 Å². The van der Waals surface area contributed by atoms with Gasteiger partial charge in [-0.3, -0.25) is 14.4 Å². The number of unbranched alkanes of at least 4 members (excludes halogenated alkanes) is 2. The van der Waals surface area contributed by atoms with E-state index in [1.54, 1.807) is 6.92 Å². The second kappa shape index (κ2) is 16.2. The minimum atomic E-state index is -4.74. The molecule has 0 saturated carbocycles. The summed E-state index contributed by atoms with van der Waals surface area (Å²) >= 11 is 0. The monoisotopic (exact) mass is 494 g/mol. The van der Waals surface area contributed by atoms with Crippen LogP contribution in [0.4, 0.5) is 0 Å². The number of ether oxygens (including phenoxy) is 4. The normalized spacial score (nSPS) is 15.3. The van der Waals surface area contributed by atoms with Crippen LogP contribution in [0.3, 0.4) is 0 Å². The van der Waals surface area contributed by atoms with Crippen molar-refractivity contribution >= 4 is 26.7 Å². The highest BCUT2D eigenvalue weighted by Crippen LogP contribution is 2.38. The van der Waals surface area contributed by atoms with Gasteiger partial charge in [-0.15, -0.1) is 0 Å². The SMILES string of the molecule is CCCCOC(C)C(OCCCC)(OC(CCC)OC)[Si](OC(C)=O)(OC(C)=O)OC(C)=O. The summed E-state index contributed by atoms with van der Waals surface area (Å²) in [5.74, 6) is -2.50. The molecule has 0 radical (unpaired) electrons. The van der Waals surface area contributed by atoms with Crippen molar-refractivity contribution in [3.05, 3.63) is 0 Å². The Kier molecular flexibility index (Phi) is 15.4. The van der Waals surface area contributed by atoms with Gasteiger partial charge in [0.05, 0.1) is 6.61 Å². The van der Waals surface area contributed by atoms with Crippen molar-refractivity contribution in [2.24, 2.45) is 0 Å². The molecule has 0 fully saturated rings. The van der Waals surface area contributed by atoms with Gasteiger partial charge in [-0.2, -0.15) is 0 Å². The second-order valence-electron chi connectivity index (χ2n) is 7.64. The van der Waals surface area contributed by atoms with E-state index in [4.69, 9.17) is 32.2 Å². The molecule has 0 bridgehead atoms. The third-order valence-corrected chi connectivity index (χ3v) is 7.76. The lowest BCUT2D eigenvalue weighted by atomic mass is 10.3. The Balaban J connectivity index is 6.94. The Morgan fingerprint density at radius 2 is 1.30 bits per heavy atom. The van der Waals surface area contributed by atoms with Crippen LogP contribution in [0.5, 0.6) is 0 Å². The molecule has 0 saturated heterocycles. The Labute approximate surface area is 198 Å². The zero-order chi connectivity index (χ0) is 25.5. The molecule has 33 heavy (non-hydrogen) atoms. The van der Waals surface area contributed by atoms with E-state index in [0.717, 1.165) is 40.0 Å². The second-order valence-corrected chi connectivity index (χ2v) is 10.1. The highest BCUT2D eigenvalue weighted by atomic mass is 28.4. The molecule has 0 heterocycles. The molecule has 0 aliphatic carbocycles. The molecule has 0 aromatic heterocycles. The molecular weight excluding hydrogens is 452 g/mol. The van der Waals surface area contributed by atoms with Gasteiger partial charge in [0.1, 0.15) is 6.10 Å². The predicted molar refractivity (Wildman–Crippen MR) is 122 cm³/mol. The summed E-state index contributed by atoms with van der Waals surface area (Å²) in [6.45, 7) is 11.4. The van der Waals surface area contributed by atoms with Crippen LogP contribution in [0.15, 0.2) is 0 Å². The Morgan fingerprint density at radius 1 is 0.818 bits per heavy atom. The van der Waals surface area contributed by atoms with Gasteiger partial charge in [0.15, 0.2) is 6.29 Å². The maximum atomic E-state index is 12.2. The third kappa shape index (κ3) is 10.1. The van der Waals surface area contributed by atoms with E-state index in [-0.39, 0.29) is 6.61 Å². The fourth-order valence-corrected chi connectivity index (χ4v) is 5.86. The van der Waals surface area contributed by atoms with Gasteiger partial charge in [-0.25, -0.2) is 0 Å². The Hall–Kier alpha value is -1.53. The molecule has 0 aromatic rings. The van der Waals surface area contributed by atoms with Gasteiger partial charge < -0.3 is 32.2 Å². The summed E-state index contributed by atoms with van der Waals surface area (Å²) in [6.07, 6.45) is 2.34. The fourth-order valence-electron chi connectivity index (χ4n) is 3.04. The van der Waals surface area contributed by atoms with Gasteiger partial charge >= 0.3 is 14.2 Å². The zero-order valence-corrected chi connectivity index (χ0v) is 22.4. The standard InChI is InChI=1S/C22H42O10Si/c1-9-12-15-27-17(4)22(28-16-13-10-2,29-21(26-8)14-11-3)33(30-18(5)23,31-19(6)24)32-20(7)25/h17,21H,9-16H2,1-8H3. The van der Waals surface area contributed by atoms with E-state index in [1.165, 1.54) is 7.11 Å². The third-order valence-electron chi connectivity index (χ3n) is 4.57. The van der Waals surface area contributed by atoms with Gasteiger partial charge in [-0.1, -0.05) is 40.0 Å². The number of carbonyl (C=O) groups is 3. The molecule has 0 rings (SSSR count). The van der Waals surface area contributed by atoms with Crippen LogP contribution in [-0.2, 0) is 46.6 Å². The topological polar surface area (TPSA) is 116 Å². The van der Waals surface area contributed by atoms with Crippen molar-refractivity contribution in [3.8, 4) is 0 Å². The van der Waals surface area contributed by atoms with E-state index < -0.39 is 44.5 Å². The number of hydrogen-bond donors (Lipinski definition) is 0. The average molecular weight is 495 g/mol. The van der Waals surface area contributed by atoms with E-state index >= 15 is 0 Å². The molecule has 0 aliphatic heterocycles. The summed E-state index contributed by atoms with van der Waals surface area (Å²) in [5, 5.41) is 0. The lowest BCUT2D eigenvalue weighted by Gasteiger charge is -2.45. The maximum absolute atomic E-state index is 12.2. The van der Waals surface area contributed by atoms with Gasteiger partial charge in [0.25, 0.3) is 17.9 Å². The van der Waals surface area contributed by atoms with Crippen molar-refractivity contribution in [2.45, 2.75) is 105 Å². The number of hydrogen-bond acceptors (Lipinski definition) is 10. The molecule has 194 valence electrons. The first kappa shape index (κ1) is 31.5. The van der Waals surface area contributed by atoms with Crippen LogP contribution < -0.4 is 0 Å². The van der Waals surface area contributed by atoms with Gasteiger partial charge in [0.2, 0.25) is 0 Å². The highest BCUT2D eigenvalue weighted by molar-refractivity contribution is 6.68. The van der Waals surface area contributed by atoms with E-state index in [1.807, 2.05) is 20.8 Å². The molecule has 0 spiro atoms. The zero-order valence-electron chi connectivity index (χ0n) is 21.4. The van der Waals surface area contributed by atoms with Crippen LogP contribution in [0, 0.1) is 0 Å². The quantitative estimate of drug-likeness (QED) is 0.159. The highest BCUT2D eigenvalue weighted by Gasteiger charge is 2.76. The van der Waals surface area contributed by atoms with Crippen molar-refractivity contribution in [2.75, 3.05) is 20.3 Å². The first-order valence-electron chi connectivity index (χ1n) is 11.6. The number of methoxy groups -OCH3 is 1. The predicted octanol–water partition coefficient (Wildman–Crippen LogP) is 3.66.